The molecule has 2 aromatic rings. The number of hydrogen-bond donors (Lipinski definition) is 1. The van der Waals surface area contributed by atoms with Crippen LogP contribution in [0.1, 0.15) is 5.56 Å². The van der Waals surface area contributed by atoms with Crippen molar-refractivity contribution in [2.45, 2.75) is 0 Å². The molecule has 0 unspecified atom stereocenters. The van der Waals surface area contributed by atoms with E-state index in [9.17, 15) is 13.6 Å². The van der Waals surface area contributed by atoms with E-state index in [-0.39, 0.29) is 22.1 Å². The number of carboxylic acid groups (broad SMARTS) is 1. The molecular weight excluding hydrogens is 302 g/mol. The zero-order valence-electron chi connectivity index (χ0n) is 10.5. The average Bonchev–Trinajstić information content (AvgIpc) is 2.44. The molecule has 108 valence electrons. The lowest BCUT2D eigenvalue weighted by atomic mass is 10.1. The Morgan fingerprint density at radius 3 is 2.62 bits per heavy atom. The number of carbonyl (C=O) groups is 1. The van der Waals surface area contributed by atoms with Gasteiger partial charge in [0.25, 0.3) is 0 Å². The molecule has 0 spiro atoms. The summed E-state index contributed by atoms with van der Waals surface area (Å²) in [4.78, 5) is 10.5. The van der Waals surface area contributed by atoms with Crippen molar-refractivity contribution in [3.05, 3.63) is 64.7 Å². The van der Waals surface area contributed by atoms with Gasteiger partial charge in [-0.1, -0.05) is 29.8 Å². The lowest BCUT2D eigenvalue weighted by Crippen LogP contribution is -1.95. The van der Waals surface area contributed by atoms with Gasteiger partial charge in [0.15, 0.2) is 23.1 Å². The van der Waals surface area contributed by atoms with Crippen LogP contribution in [0.25, 0.3) is 6.08 Å². The first-order valence-corrected chi connectivity index (χ1v) is 6.18. The Hall–Kier alpha value is -2.40. The first-order valence-electron chi connectivity index (χ1n) is 5.80. The highest BCUT2D eigenvalue weighted by Crippen LogP contribution is 2.33. The normalized spacial score (nSPS) is 10.8. The molecular formula is C15H9ClF2O3. The van der Waals surface area contributed by atoms with Gasteiger partial charge in [-0.3, -0.25) is 0 Å². The van der Waals surface area contributed by atoms with Gasteiger partial charge < -0.3 is 9.84 Å². The Bertz CT molecular complexity index is 714. The number of halogens is 3. The standard InChI is InChI=1S/C15H9ClF2O3/c16-10-4-2-6-12(14(10)18)21-15-9(7-8-13(19)20)3-1-5-11(15)17/h1-8H,(H,19,20)/b8-7+. The van der Waals surface area contributed by atoms with E-state index in [1.807, 2.05) is 0 Å². The molecule has 0 amide bonds. The third-order valence-electron chi connectivity index (χ3n) is 2.53. The van der Waals surface area contributed by atoms with E-state index < -0.39 is 17.6 Å². The maximum Gasteiger partial charge on any atom is 0.328 e. The van der Waals surface area contributed by atoms with Crippen molar-refractivity contribution in [1.29, 1.82) is 0 Å². The average molecular weight is 311 g/mol. The molecule has 0 aliphatic rings. The van der Waals surface area contributed by atoms with Crippen LogP contribution < -0.4 is 4.74 Å². The van der Waals surface area contributed by atoms with Gasteiger partial charge in [-0.25, -0.2) is 13.6 Å². The Morgan fingerprint density at radius 2 is 1.90 bits per heavy atom. The van der Waals surface area contributed by atoms with Gasteiger partial charge in [-0.15, -0.1) is 0 Å². The van der Waals surface area contributed by atoms with Crippen LogP contribution >= 0.6 is 11.6 Å². The Morgan fingerprint density at radius 1 is 1.19 bits per heavy atom. The second-order valence-electron chi connectivity index (χ2n) is 3.98. The summed E-state index contributed by atoms with van der Waals surface area (Å²) in [6.07, 6.45) is 1.99. The minimum Gasteiger partial charge on any atom is -0.478 e. The highest BCUT2D eigenvalue weighted by molar-refractivity contribution is 6.30. The number of benzene rings is 2. The number of ether oxygens (including phenoxy) is 1. The Balaban J connectivity index is 2.43. The predicted molar refractivity (Wildman–Crippen MR) is 74.6 cm³/mol. The third-order valence-corrected chi connectivity index (χ3v) is 2.82. The van der Waals surface area contributed by atoms with E-state index >= 15 is 0 Å². The number of carboxylic acids is 1. The zero-order chi connectivity index (χ0) is 15.4. The summed E-state index contributed by atoms with van der Waals surface area (Å²) >= 11 is 5.62. The van der Waals surface area contributed by atoms with Crippen LogP contribution in [0.2, 0.25) is 5.02 Å². The van der Waals surface area contributed by atoms with Crippen molar-refractivity contribution in [2.24, 2.45) is 0 Å². The summed E-state index contributed by atoms with van der Waals surface area (Å²) in [6.45, 7) is 0. The highest BCUT2D eigenvalue weighted by atomic mass is 35.5. The van der Waals surface area contributed by atoms with Gasteiger partial charge >= 0.3 is 5.97 Å². The van der Waals surface area contributed by atoms with Crippen LogP contribution in [0.5, 0.6) is 11.5 Å². The number of para-hydroxylation sites is 1. The zero-order valence-corrected chi connectivity index (χ0v) is 11.3. The number of aliphatic carboxylic acids is 1. The maximum atomic E-state index is 13.8. The Labute approximate surface area is 124 Å². The molecule has 2 aromatic carbocycles. The van der Waals surface area contributed by atoms with Gasteiger partial charge in [-0.05, 0) is 24.3 Å². The molecule has 0 fully saturated rings. The van der Waals surface area contributed by atoms with E-state index in [1.165, 1.54) is 30.3 Å². The largest absolute Gasteiger partial charge is 0.478 e. The third kappa shape index (κ3) is 3.58. The number of rotatable bonds is 4. The molecule has 0 aliphatic carbocycles. The smallest absolute Gasteiger partial charge is 0.328 e. The topological polar surface area (TPSA) is 46.5 Å². The molecule has 2 rings (SSSR count). The van der Waals surface area contributed by atoms with Crippen LogP contribution in [0.15, 0.2) is 42.5 Å². The van der Waals surface area contributed by atoms with Crippen molar-refractivity contribution >= 4 is 23.6 Å². The molecule has 0 radical (unpaired) electrons. The van der Waals surface area contributed by atoms with Crippen LogP contribution in [0.3, 0.4) is 0 Å². The molecule has 6 heteroatoms. The monoisotopic (exact) mass is 310 g/mol. The fraction of sp³-hybridized carbons (Fsp3) is 0. The van der Waals surface area contributed by atoms with Crippen LogP contribution in [0.4, 0.5) is 8.78 Å². The summed E-state index contributed by atoms with van der Waals surface area (Å²) in [7, 11) is 0. The minimum atomic E-state index is -1.20. The van der Waals surface area contributed by atoms with Gasteiger partial charge in [0, 0.05) is 11.6 Å². The molecule has 21 heavy (non-hydrogen) atoms. The lowest BCUT2D eigenvalue weighted by molar-refractivity contribution is -0.131. The Kier molecular flexibility index (Phi) is 4.55. The van der Waals surface area contributed by atoms with Crippen LogP contribution in [0, 0.1) is 11.6 Å². The molecule has 1 N–H and O–H groups in total. The van der Waals surface area contributed by atoms with Gasteiger partial charge in [0.1, 0.15) is 0 Å². The second kappa shape index (κ2) is 6.37. The van der Waals surface area contributed by atoms with E-state index in [0.717, 1.165) is 18.2 Å². The van der Waals surface area contributed by atoms with E-state index in [2.05, 4.69) is 0 Å². The van der Waals surface area contributed by atoms with Crippen molar-refractivity contribution < 1.29 is 23.4 Å². The molecule has 0 saturated carbocycles. The molecule has 0 aromatic heterocycles. The van der Waals surface area contributed by atoms with E-state index in [0.29, 0.717) is 0 Å². The summed E-state index contributed by atoms with van der Waals surface area (Å²) < 4.78 is 32.8. The highest BCUT2D eigenvalue weighted by Gasteiger charge is 2.14. The predicted octanol–water partition coefficient (Wildman–Crippen LogP) is 4.51. The first-order chi connectivity index (χ1) is 9.99. The van der Waals surface area contributed by atoms with Crippen molar-refractivity contribution in [3.8, 4) is 11.5 Å². The minimum absolute atomic E-state index is 0.161. The van der Waals surface area contributed by atoms with E-state index in [1.54, 1.807) is 0 Å². The quantitative estimate of drug-likeness (QED) is 0.845. The summed E-state index contributed by atoms with van der Waals surface area (Å²) in [5.74, 6) is -3.30. The van der Waals surface area contributed by atoms with Crippen molar-refractivity contribution in [3.63, 3.8) is 0 Å². The summed E-state index contributed by atoms with van der Waals surface area (Å²) in [5.41, 5.74) is 0.164. The van der Waals surface area contributed by atoms with Gasteiger partial charge in [0.2, 0.25) is 0 Å². The van der Waals surface area contributed by atoms with E-state index in [4.69, 9.17) is 21.4 Å². The fourth-order valence-electron chi connectivity index (χ4n) is 1.60. The van der Waals surface area contributed by atoms with Crippen LogP contribution in [-0.2, 0) is 4.79 Å². The first kappa shape index (κ1) is 15.0. The molecule has 0 heterocycles. The molecule has 0 aliphatic heterocycles. The SMILES string of the molecule is O=C(O)/C=C/c1cccc(F)c1Oc1cccc(Cl)c1F. The van der Waals surface area contributed by atoms with Gasteiger partial charge in [-0.2, -0.15) is 0 Å². The van der Waals surface area contributed by atoms with Gasteiger partial charge in [0.05, 0.1) is 5.02 Å². The maximum absolute atomic E-state index is 13.8. The second-order valence-corrected chi connectivity index (χ2v) is 4.39. The summed E-state index contributed by atoms with van der Waals surface area (Å²) in [5, 5.41) is 8.45. The molecule has 0 atom stereocenters. The molecule has 0 saturated heterocycles. The van der Waals surface area contributed by atoms with Crippen molar-refractivity contribution in [1.82, 2.24) is 0 Å². The molecule has 0 bridgehead atoms. The fourth-order valence-corrected chi connectivity index (χ4v) is 1.76. The molecule has 3 nitrogen and oxygen atoms in total. The number of hydrogen-bond acceptors (Lipinski definition) is 2. The van der Waals surface area contributed by atoms with Crippen molar-refractivity contribution in [2.75, 3.05) is 0 Å². The summed E-state index contributed by atoms with van der Waals surface area (Å²) in [6, 6.07) is 8.03. The lowest BCUT2D eigenvalue weighted by Gasteiger charge is -2.11. The van der Waals surface area contributed by atoms with Crippen LogP contribution in [-0.4, -0.2) is 11.1 Å².